The molecular weight excluding hydrogens is 328 g/mol. The summed E-state index contributed by atoms with van der Waals surface area (Å²) in [6.07, 6.45) is 3.60. The number of nitrogens with one attached hydrogen (secondary N) is 1. The Bertz CT molecular complexity index is 655. The maximum absolute atomic E-state index is 12.2. The number of amides is 1. The van der Waals surface area contributed by atoms with Crippen LogP contribution in [-0.4, -0.2) is 30.0 Å². The fraction of sp³-hybridized carbons (Fsp3) is 0.529. The molecule has 136 valence electrons. The molecule has 1 saturated carbocycles. The van der Waals surface area contributed by atoms with Crippen LogP contribution in [0.5, 0.6) is 5.75 Å². The molecule has 2 rings (SSSR count). The van der Waals surface area contributed by atoms with Gasteiger partial charge in [0, 0.05) is 18.6 Å². The van der Waals surface area contributed by atoms with Gasteiger partial charge in [0.05, 0.1) is 17.7 Å². The number of nitrogens with zero attached hydrogens (tertiary/aromatic N) is 1. The van der Waals surface area contributed by atoms with Gasteiger partial charge in [0.25, 0.3) is 11.6 Å². The van der Waals surface area contributed by atoms with E-state index < -0.39 is 22.9 Å². The summed E-state index contributed by atoms with van der Waals surface area (Å²) in [7, 11) is 1.39. The number of ether oxygens (including phenoxy) is 2. The second-order valence-corrected chi connectivity index (χ2v) is 6.12. The zero-order valence-electron chi connectivity index (χ0n) is 14.3. The number of esters is 1. The molecule has 8 nitrogen and oxygen atoms in total. The standard InChI is InChI=1S/C17H22N2O6/c1-11(25-16(20)9-12-5-3-4-6-12)17(21)18-14-10-13(19(22)23)7-8-15(14)24-2/h7-8,10-12H,3-6,9H2,1-2H3,(H,18,21)/t11-/m1/s1. The molecular formula is C17H22N2O6. The van der Waals surface area contributed by atoms with Gasteiger partial charge in [0.15, 0.2) is 6.10 Å². The third kappa shape index (κ3) is 5.17. The van der Waals surface area contributed by atoms with Crippen molar-refractivity contribution in [2.45, 2.75) is 45.1 Å². The van der Waals surface area contributed by atoms with Crippen LogP contribution in [0, 0.1) is 16.0 Å². The minimum Gasteiger partial charge on any atom is -0.495 e. The van der Waals surface area contributed by atoms with Crippen molar-refractivity contribution in [1.82, 2.24) is 0 Å². The maximum Gasteiger partial charge on any atom is 0.306 e. The van der Waals surface area contributed by atoms with Crippen LogP contribution in [0.3, 0.4) is 0 Å². The molecule has 0 aliphatic heterocycles. The Morgan fingerprint density at radius 1 is 1.36 bits per heavy atom. The van der Waals surface area contributed by atoms with Gasteiger partial charge in [0.2, 0.25) is 0 Å². The topological polar surface area (TPSA) is 108 Å². The molecule has 1 N–H and O–H groups in total. The fourth-order valence-electron chi connectivity index (χ4n) is 2.89. The number of methoxy groups -OCH3 is 1. The summed E-state index contributed by atoms with van der Waals surface area (Å²) in [6.45, 7) is 1.46. The molecule has 0 radical (unpaired) electrons. The molecule has 8 heteroatoms. The van der Waals surface area contributed by atoms with E-state index in [4.69, 9.17) is 9.47 Å². The molecule has 0 spiro atoms. The van der Waals surface area contributed by atoms with E-state index in [0.717, 1.165) is 25.7 Å². The normalized spacial score (nSPS) is 15.4. The smallest absolute Gasteiger partial charge is 0.306 e. The van der Waals surface area contributed by atoms with Gasteiger partial charge in [-0.05, 0) is 31.7 Å². The monoisotopic (exact) mass is 350 g/mol. The van der Waals surface area contributed by atoms with Gasteiger partial charge in [-0.15, -0.1) is 0 Å². The Morgan fingerprint density at radius 3 is 2.64 bits per heavy atom. The summed E-state index contributed by atoms with van der Waals surface area (Å²) in [6, 6.07) is 3.87. The zero-order valence-corrected chi connectivity index (χ0v) is 14.3. The molecule has 1 aliphatic carbocycles. The van der Waals surface area contributed by atoms with Crippen molar-refractivity contribution in [2.75, 3.05) is 12.4 Å². The summed E-state index contributed by atoms with van der Waals surface area (Å²) in [5, 5.41) is 13.4. The second-order valence-electron chi connectivity index (χ2n) is 6.12. The van der Waals surface area contributed by atoms with Crippen LogP contribution in [-0.2, 0) is 14.3 Å². The zero-order chi connectivity index (χ0) is 18.4. The fourth-order valence-corrected chi connectivity index (χ4v) is 2.89. The highest BCUT2D eigenvalue weighted by atomic mass is 16.6. The predicted molar refractivity (Wildman–Crippen MR) is 90.4 cm³/mol. The van der Waals surface area contributed by atoms with Crippen molar-refractivity contribution in [3.63, 3.8) is 0 Å². The first kappa shape index (κ1) is 18.7. The number of carbonyl (C=O) groups is 2. The summed E-state index contributed by atoms with van der Waals surface area (Å²) in [5.41, 5.74) is -0.0256. The minimum absolute atomic E-state index is 0.153. The molecule has 25 heavy (non-hydrogen) atoms. The van der Waals surface area contributed by atoms with Crippen molar-refractivity contribution in [3.8, 4) is 5.75 Å². The Morgan fingerprint density at radius 2 is 2.04 bits per heavy atom. The van der Waals surface area contributed by atoms with Crippen LogP contribution in [0.1, 0.15) is 39.0 Å². The van der Waals surface area contributed by atoms with Crippen molar-refractivity contribution in [2.24, 2.45) is 5.92 Å². The lowest BCUT2D eigenvalue weighted by Crippen LogP contribution is -2.30. The average molecular weight is 350 g/mol. The average Bonchev–Trinajstić information content (AvgIpc) is 3.07. The molecule has 1 fully saturated rings. The Balaban J connectivity index is 1.96. The van der Waals surface area contributed by atoms with Crippen LogP contribution < -0.4 is 10.1 Å². The number of non-ortho nitro benzene ring substituents is 1. The first-order valence-electron chi connectivity index (χ1n) is 8.23. The summed E-state index contributed by atoms with van der Waals surface area (Å²) in [4.78, 5) is 34.4. The third-order valence-corrected chi connectivity index (χ3v) is 4.26. The van der Waals surface area contributed by atoms with Crippen molar-refractivity contribution in [1.29, 1.82) is 0 Å². The number of nitro benzene ring substituents is 1. The van der Waals surface area contributed by atoms with Crippen LogP contribution in [0.4, 0.5) is 11.4 Å². The van der Waals surface area contributed by atoms with Gasteiger partial charge in [-0.2, -0.15) is 0 Å². The molecule has 1 amide bonds. The van der Waals surface area contributed by atoms with E-state index in [1.165, 1.54) is 32.2 Å². The minimum atomic E-state index is -1.00. The Labute approximate surface area is 145 Å². The van der Waals surface area contributed by atoms with Crippen LogP contribution in [0.25, 0.3) is 0 Å². The number of hydrogen-bond donors (Lipinski definition) is 1. The van der Waals surface area contributed by atoms with Gasteiger partial charge in [-0.25, -0.2) is 0 Å². The Kier molecular flexibility index (Phi) is 6.32. The predicted octanol–water partition coefficient (Wildman–Crippen LogP) is 3.05. The van der Waals surface area contributed by atoms with E-state index in [1.807, 2.05) is 0 Å². The van der Waals surface area contributed by atoms with Crippen molar-refractivity contribution in [3.05, 3.63) is 28.3 Å². The van der Waals surface area contributed by atoms with Crippen LogP contribution in [0.15, 0.2) is 18.2 Å². The van der Waals surface area contributed by atoms with Gasteiger partial charge in [-0.3, -0.25) is 19.7 Å². The van der Waals surface area contributed by atoms with Crippen LogP contribution >= 0.6 is 0 Å². The number of benzene rings is 1. The Hall–Kier alpha value is -2.64. The van der Waals surface area contributed by atoms with E-state index in [1.54, 1.807) is 0 Å². The molecule has 0 bridgehead atoms. The number of rotatable bonds is 7. The number of anilines is 1. The van der Waals surface area contributed by atoms with E-state index in [2.05, 4.69) is 5.32 Å². The van der Waals surface area contributed by atoms with E-state index in [9.17, 15) is 19.7 Å². The summed E-state index contributed by atoms with van der Waals surface area (Å²) < 4.78 is 10.3. The van der Waals surface area contributed by atoms with Gasteiger partial charge in [-0.1, -0.05) is 12.8 Å². The van der Waals surface area contributed by atoms with E-state index in [0.29, 0.717) is 12.3 Å². The van der Waals surface area contributed by atoms with Gasteiger partial charge >= 0.3 is 5.97 Å². The molecule has 0 heterocycles. The van der Waals surface area contributed by atoms with E-state index in [-0.39, 0.29) is 17.1 Å². The molecule has 1 aromatic carbocycles. The SMILES string of the molecule is COc1ccc([N+](=O)[O-])cc1NC(=O)[C@@H](C)OC(=O)CC1CCCC1. The largest absolute Gasteiger partial charge is 0.495 e. The lowest BCUT2D eigenvalue weighted by Gasteiger charge is -2.16. The second kappa shape index (κ2) is 8.46. The van der Waals surface area contributed by atoms with E-state index >= 15 is 0 Å². The highest BCUT2D eigenvalue weighted by Crippen LogP contribution is 2.30. The maximum atomic E-state index is 12.2. The quantitative estimate of drug-likeness (QED) is 0.460. The third-order valence-electron chi connectivity index (χ3n) is 4.26. The van der Waals surface area contributed by atoms with Gasteiger partial charge < -0.3 is 14.8 Å². The first-order valence-corrected chi connectivity index (χ1v) is 8.23. The number of nitro groups is 1. The molecule has 1 aliphatic rings. The first-order chi connectivity index (χ1) is 11.9. The molecule has 0 saturated heterocycles. The molecule has 0 aromatic heterocycles. The molecule has 1 atom stereocenters. The lowest BCUT2D eigenvalue weighted by molar-refractivity contribution is -0.384. The highest BCUT2D eigenvalue weighted by Gasteiger charge is 2.24. The van der Waals surface area contributed by atoms with Gasteiger partial charge in [0.1, 0.15) is 5.75 Å². The molecule has 1 aromatic rings. The van der Waals surface area contributed by atoms with Crippen molar-refractivity contribution < 1.29 is 24.0 Å². The highest BCUT2D eigenvalue weighted by molar-refractivity contribution is 5.96. The van der Waals surface area contributed by atoms with Crippen molar-refractivity contribution >= 4 is 23.3 Å². The summed E-state index contributed by atoms with van der Waals surface area (Å²) >= 11 is 0. The lowest BCUT2D eigenvalue weighted by atomic mass is 10.0. The number of carbonyl (C=O) groups excluding carboxylic acids is 2. The summed E-state index contributed by atoms with van der Waals surface area (Å²) in [5.74, 6) is -0.359. The van der Waals surface area contributed by atoms with Crippen LogP contribution in [0.2, 0.25) is 0 Å². The molecule has 0 unspecified atom stereocenters. The number of hydrogen-bond acceptors (Lipinski definition) is 6.